The average Bonchev–Trinajstić information content (AvgIpc) is 2.94. The van der Waals surface area contributed by atoms with Crippen molar-refractivity contribution in [1.82, 2.24) is 15.3 Å². The molecule has 27 heavy (non-hydrogen) atoms. The van der Waals surface area contributed by atoms with Crippen LogP contribution in [0.5, 0.6) is 0 Å². The van der Waals surface area contributed by atoms with E-state index in [4.69, 9.17) is 5.73 Å². The van der Waals surface area contributed by atoms with E-state index < -0.39 is 0 Å². The van der Waals surface area contributed by atoms with Gasteiger partial charge in [-0.25, -0.2) is 9.97 Å². The molecule has 0 saturated heterocycles. The van der Waals surface area contributed by atoms with Gasteiger partial charge in [0.2, 0.25) is 5.95 Å². The molecule has 1 aromatic heterocycles. The van der Waals surface area contributed by atoms with Crippen LogP contribution in [-0.2, 0) is 0 Å². The lowest BCUT2D eigenvalue weighted by Gasteiger charge is -2.33. The third-order valence-corrected chi connectivity index (χ3v) is 6.99. The number of benzene rings is 1. The van der Waals surface area contributed by atoms with E-state index in [1.165, 1.54) is 12.8 Å². The van der Waals surface area contributed by atoms with Crippen LogP contribution < -0.4 is 16.4 Å². The number of anilines is 3. The first-order chi connectivity index (χ1) is 12.8. The summed E-state index contributed by atoms with van der Waals surface area (Å²) in [6.07, 6.45) is 5.07. The van der Waals surface area contributed by atoms with Gasteiger partial charge in [0.15, 0.2) is 0 Å². The van der Waals surface area contributed by atoms with Crippen molar-refractivity contribution in [3.63, 3.8) is 0 Å². The molecule has 4 N–H and O–H groups in total. The van der Waals surface area contributed by atoms with Gasteiger partial charge in [-0.05, 0) is 60.3 Å². The van der Waals surface area contributed by atoms with E-state index in [-0.39, 0.29) is 17.4 Å². The van der Waals surface area contributed by atoms with Crippen LogP contribution in [0.15, 0.2) is 36.5 Å². The summed E-state index contributed by atoms with van der Waals surface area (Å²) < 4.78 is 0. The Morgan fingerprint density at radius 2 is 2.07 bits per heavy atom. The van der Waals surface area contributed by atoms with Crippen molar-refractivity contribution in [2.24, 2.45) is 16.7 Å². The largest absolute Gasteiger partial charge is 0.399 e. The van der Waals surface area contributed by atoms with E-state index in [0.29, 0.717) is 28.7 Å². The molecule has 6 nitrogen and oxygen atoms in total. The fourth-order valence-corrected chi connectivity index (χ4v) is 4.99. The maximum atomic E-state index is 12.8. The normalized spacial score (nSPS) is 28.1. The Hall–Kier alpha value is -2.63. The summed E-state index contributed by atoms with van der Waals surface area (Å²) in [5, 5.41) is 6.33. The van der Waals surface area contributed by atoms with E-state index in [2.05, 4.69) is 41.4 Å². The lowest BCUT2D eigenvalue weighted by Crippen LogP contribution is -2.40. The smallest absolute Gasteiger partial charge is 0.270 e. The van der Waals surface area contributed by atoms with Crippen LogP contribution in [0.25, 0.3) is 0 Å². The van der Waals surface area contributed by atoms with Crippen molar-refractivity contribution in [1.29, 1.82) is 0 Å². The average molecular weight is 365 g/mol. The van der Waals surface area contributed by atoms with Gasteiger partial charge in [-0.15, -0.1) is 0 Å². The zero-order valence-electron chi connectivity index (χ0n) is 16.1. The zero-order valence-corrected chi connectivity index (χ0v) is 16.1. The molecule has 0 radical (unpaired) electrons. The molecule has 6 heteroatoms. The molecule has 2 aromatic rings. The third-order valence-electron chi connectivity index (χ3n) is 6.99. The Labute approximate surface area is 160 Å². The number of carbonyl (C=O) groups excluding carboxylic acids is 1. The predicted octanol–water partition coefficient (Wildman–Crippen LogP) is 3.75. The Morgan fingerprint density at radius 1 is 1.26 bits per heavy atom. The Morgan fingerprint density at radius 3 is 2.74 bits per heavy atom. The summed E-state index contributed by atoms with van der Waals surface area (Å²) in [6, 6.07) is 9.21. The van der Waals surface area contributed by atoms with Crippen molar-refractivity contribution in [3.8, 4) is 0 Å². The molecule has 2 saturated carbocycles. The fraction of sp³-hybridized carbons (Fsp3) is 0.476. The number of aromatic nitrogens is 2. The molecule has 2 aliphatic carbocycles. The number of hydrogen-bond acceptors (Lipinski definition) is 5. The summed E-state index contributed by atoms with van der Waals surface area (Å²) in [6.45, 7) is 7.04. The highest BCUT2D eigenvalue weighted by molar-refractivity contribution is 5.92. The highest BCUT2D eigenvalue weighted by Crippen LogP contribution is 2.65. The van der Waals surface area contributed by atoms with Gasteiger partial charge >= 0.3 is 0 Å². The number of hydrogen-bond donors (Lipinski definition) is 3. The molecule has 142 valence electrons. The van der Waals surface area contributed by atoms with E-state index >= 15 is 0 Å². The van der Waals surface area contributed by atoms with Crippen LogP contribution in [0.3, 0.4) is 0 Å². The first-order valence-corrected chi connectivity index (χ1v) is 9.55. The lowest BCUT2D eigenvalue weighted by molar-refractivity contribution is 0.0912. The van der Waals surface area contributed by atoms with Crippen LogP contribution in [0.4, 0.5) is 17.3 Å². The molecule has 1 amide bonds. The minimum Gasteiger partial charge on any atom is -0.399 e. The van der Waals surface area contributed by atoms with Crippen LogP contribution >= 0.6 is 0 Å². The molecular weight excluding hydrogens is 338 g/mol. The molecule has 4 rings (SSSR count). The monoisotopic (exact) mass is 365 g/mol. The number of nitrogen functional groups attached to an aromatic ring is 1. The second-order valence-electron chi connectivity index (χ2n) is 8.73. The van der Waals surface area contributed by atoms with E-state index in [1.807, 2.05) is 18.2 Å². The Kier molecular flexibility index (Phi) is 4.09. The SMILES string of the molecule is CC12CCC(C(NC(=O)c3ccnc(Nc4cccc(N)c4)n3)C1)C2(C)C. The van der Waals surface area contributed by atoms with Crippen molar-refractivity contribution in [2.45, 2.75) is 46.1 Å². The first-order valence-electron chi connectivity index (χ1n) is 9.55. The minimum atomic E-state index is -0.134. The van der Waals surface area contributed by atoms with Gasteiger partial charge in [-0.2, -0.15) is 0 Å². The molecule has 3 unspecified atom stereocenters. The third kappa shape index (κ3) is 3.03. The van der Waals surface area contributed by atoms with Crippen LogP contribution in [-0.4, -0.2) is 21.9 Å². The number of amides is 1. The van der Waals surface area contributed by atoms with E-state index in [0.717, 1.165) is 12.1 Å². The summed E-state index contributed by atoms with van der Waals surface area (Å²) >= 11 is 0. The van der Waals surface area contributed by atoms with Gasteiger partial charge in [-0.3, -0.25) is 4.79 Å². The first kappa shape index (κ1) is 17.8. The lowest BCUT2D eigenvalue weighted by atomic mass is 9.71. The van der Waals surface area contributed by atoms with Crippen molar-refractivity contribution >= 4 is 23.2 Å². The van der Waals surface area contributed by atoms with Crippen LogP contribution in [0, 0.1) is 16.7 Å². The number of nitrogens with two attached hydrogens (primary N) is 1. The van der Waals surface area contributed by atoms with Gasteiger partial charge in [0.25, 0.3) is 5.91 Å². The van der Waals surface area contributed by atoms with Crippen LogP contribution in [0.1, 0.15) is 50.5 Å². The maximum absolute atomic E-state index is 12.8. The van der Waals surface area contributed by atoms with Gasteiger partial charge in [-0.1, -0.05) is 26.8 Å². The second kappa shape index (κ2) is 6.22. The maximum Gasteiger partial charge on any atom is 0.270 e. The number of carbonyl (C=O) groups is 1. The Balaban J connectivity index is 1.47. The molecule has 2 fully saturated rings. The van der Waals surface area contributed by atoms with Gasteiger partial charge in [0.1, 0.15) is 5.69 Å². The van der Waals surface area contributed by atoms with Crippen LogP contribution in [0.2, 0.25) is 0 Å². The highest BCUT2D eigenvalue weighted by atomic mass is 16.2. The number of nitrogens with one attached hydrogen (secondary N) is 2. The minimum absolute atomic E-state index is 0.134. The predicted molar refractivity (Wildman–Crippen MR) is 107 cm³/mol. The number of rotatable bonds is 4. The second-order valence-corrected chi connectivity index (χ2v) is 8.73. The van der Waals surface area contributed by atoms with Gasteiger partial charge in [0.05, 0.1) is 0 Å². The standard InChI is InChI=1S/C21H27N5O/c1-20(2)15-7-9-21(20,3)12-17(15)25-18(27)16-8-10-23-19(26-16)24-14-6-4-5-13(22)11-14/h4-6,8,10-11,15,17H,7,9,12,22H2,1-3H3,(H,25,27)(H,23,24,26). The molecule has 1 aromatic carbocycles. The summed E-state index contributed by atoms with van der Waals surface area (Å²) in [4.78, 5) is 21.4. The fourth-order valence-electron chi connectivity index (χ4n) is 4.99. The van der Waals surface area contributed by atoms with Gasteiger partial charge in [0, 0.05) is 23.6 Å². The molecule has 0 spiro atoms. The summed E-state index contributed by atoms with van der Waals surface area (Å²) in [7, 11) is 0. The molecule has 2 bridgehead atoms. The molecule has 3 atom stereocenters. The van der Waals surface area contributed by atoms with Crippen molar-refractivity contribution in [3.05, 3.63) is 42.2 Å². The highest BCUT2D eigenvalue weighted by Gasteiger charge is 2.60. The molecule has 2 aliphatic rings. The number of fused-ring (bicyclic) bond motifs is 2. The molecule has 1 heterocycles. The Bertz CT molecular complexity index is 878. The van der Waals surface area contributed by atoms with Crippen molar-refractivity contribution in [2.75, 3.05) is 11.1 Å². The van der Waals surface area contributed by atoms with E-state index in [1.54, 1.807) is 18.3 Å². The zero-order chi connectivity index (χ0) is 19.2. The van der Waals surface area contributed by atoms with Crippen molar-refractivity contribution < 1.29 is 4.79 Å². The van der Waals surface area contributed by atoms with E-state index in [9.17, 15) is 4.79 Å². The number of nitrogens with zero attached hydrogens (tertiary/aromatic N) is 2. The molecule has 0 aliphatic heterocycles. The summed E-state index contributed by atoms with van der Waals surface area (Å²) in [5.41, 5.74) is 8.18. The topological polar surface area (TPSA) is 92.9 Å². The van der Waals surface area contributed by atoms with Gasteiger partial charge < -0.3 is 16.4 Å². The molecular formula is C21H27N5O. The summed E-state index contributed by atoms with van der Waals surface area (Å²) in [5.74, 6) is 0.775. The quantitative estimate of drug-likeness (QED) is 0.718.